The number of benzene rings is 3. The summed E-state index contributed by atoms with van der Waals surface area (Å²) in [5.74, 6) is 1.24. The molecule has 3 aromatic carbocycles. The van der Waals surface area contributed by atoms with E-state index in [2.05, 4.69) is 68.1 Å². The highest BCUT2D eigenvalue weighted by atomic mass is 79.9. The predicted molar refractivity (Wildman–Crippen MR) is 134 cm³/mol. The molecule has 32 heavy (non-hydrogen) atoms. The summed E-state index contributed by atoms with van der Waals surface area (Å²) >= 11 is 6.84. The third kappa shape index (κ3) is 4.59. The predicted octanol–water partition coefficient (Wildman–Crippen LogP) is 7.79. The van der Waals surface area contributed by atoms with Crippen LogP contribution in [0.4, 0.5) is 5.69 Å². The topological polar surface area (TPSA) is 64.4 Å². The van der Waals surface area contributed by atoms with E-state index in [1.165, 1.54) is 12.7 Å². The molecule has 4 rings (SSSR count). The first-order valence-corrected chi connectivity index (χ1v) is 11.8. The summed E-state index contributed by atoms with van der Waals surface area (Å²) in [5.41, 5.74) is 4.79. The van der Waals surface area contributed by atoms with Gasteiger partial charge in [-0.25, -0.2) is 4.98 Å². The number of amides is 1. The van der Waals surface area contributed by atoms with Crippen molar-refractivity contribution < 1.29 is 13.9 Å². The van der Waals surface area contributed by atoms with Gasteiger partial charge in [0.25, 0.3) is 5.91 Å². The first-order chi connectivity index (χ1) is 15.4. The summed E-state index contributed by atoms with van der Waals surface area (Å²) in [7, 11) is 1.53. The average molecular weight is 558 g/mol. The van der Waals surface area contributed by atoms with Crippen molar-refractivity contribution in [3.8, 4) is 17.2 Å². The number of rotatable bonds is 6. The van der Waals surface area contributed by atoms with Gasteiger partial charge in [0, 0.05) is 15.7 Å². The van der Waals surface area contributed by atoms with Gasteiger partial charge in [0.1, 0.15) is 11.3 Å². The van der Waals surface area contributed by atoms with Crippen LogP contribution in [0.15, 0.2) is 68.0 Å². The van der Waals surface area contributed by atoms with Gasteiger partial charge in [-0.15, -0.1) is 0 Å². The van der Waals surface area contributed by atoms with E-state index in [1.807, 2.05) is 36.4 Å². The second kappa shape index (κ2) is 9.46. The number of hydrogen-bond donors (Lipinski definition) is 1. The van der Waals surface area contributed by atoms with Crippen LogP contribution in [0, 0.1) is 0 Å². The van der Waals surface area contributed by atoms with Crippen LogP contribution in [-0.2, 0) is 0 Å². The second-order valence-corrected chi connectivity index (χ2v) is 9.33. The van der Waals surface area contributed by atoms with Crippen LogP contribution >= 0.6 is 31.9 Å². The summed E-state index contributed by atoms with van der Waals surface area (Å²) in [4.78, 5) is 17.5. The first kappa shape index (κ1) is 22.6. The lowest BCUT2D eigenvalue weighted by molar-refractivity contribution is 0.102. The molecule has 0 saturated carbocycles. The fourth-order valence-electron chi connectivity index (χ4n) is 3.44. The van der Waals surface area contributed by atoms with Gasteiger partial charge in [0.2, 0.25) is 5.89 Å². The molecule has 164 valence electrons. The van der Waals surface area contributed by atoms with Crippen molar-refractivity contribution in [3.63, 3.8) is 0 Å². The van der Waals surface area contributed by atoms with Crippen LogP contribution in [0.3, 0.4) is 0 Å². The van der Waals surface area contributed by atoms with Gasteiger partial charge in [0.05, 0.1) is 17.1 Å². The molecule has 1 aromatic heterocycles. The molecule has 1 unspecified atom stereocenters. The van der Waals surface area contributed by atoms with Crippen LogP contribution in [0.1, 0.15) is 42.1 Å². The zero-order valence-corrected chi connectivity index (χ0v) is 21.1. The Labute approximate surface area is 203 Å². The lowest BCUT2D eigenvalue weighted by Gasteiger charge is -2.12. The first-order valence-electron chi connectivity index (χ1n) is 10.2. The molecule has 0 aliphatic carbocycles. The molecule has 4 aromatic rings. The van der Waals surface area contributed by atoms with Crippen LogP contribution in [0.2, 0.25) is 0 Å². The Morgan fingerprint density at radius 2 is 1.88 bits per heavy atom. The minimum absolute atomic E-state index is 0.268. The molecule has 0 aliphatic rings. The summed E-state index contributed by atoms with van der Waals surface area (Å²) in [6.07, 6.45) is 1.08. The zero-order valence-electron chi connectivity index (χ0n) is 17.9. The lowest BCUT2D eigenvalue weighted by atomic mass is 9.98. The Hall–Kier alpha value is -2.64. The molecule has 1 amide bonds. The normalized spacial score (nSPS) is 12.0. The van der Waals surface area contributed by atoms with Gasteiger partial charge in [-0.3, -0.25) is 4.79 Å². The van der Waals surface area contributed by atoms with Crippen LogP contribution in [-0.4, -0.2) is 18.0 Å². The van der Waals surface area contributed by atoms with E-state index in [9.17, 15) is 4.79 Å². The minimum atomic E-state index is -0.268. The van der Waals surface area contributed by atoms with Gasteiger partial charge in [0.15, 0.2) is 5.58 Å². The Morgan fingerprint density at radius 3 is 2.56 bits per heavy atom. The number of oxazole rings is 1. The molecular weight excluding hydrogens is 536 g/mol. The summed E-state index contributed by atoms with van der Waals surface area (Å²) < 4.78 is 12.8. The monoisotopic (exact) mass is 556 g/mol. The highest BCUT2D eigenvalue weighted by Crippen LogP contribution is 2.33. The number of ether oxygens (including phenoxy) is 1. The summed E-state index contributed by atoms with van der Waals surface area (Å²) in [6, 6.07) is 17.1. The number of halogens is 2. The largest absolute Gasteiger partial charge is 0.495 e. The Kier molecular flexibility index (Phi) is 6.67. The number of nitrogens with one attached hydrogen (secondary N) is 1. The molecule has 1 heterocycles. The third-order valence-corrected chi connectivity index (χ3v) is 6.49. The number of carbonyl (C=O) groups excluding carboxylic acids is 1. The molecule has 1 N–H and O–H groups in total. The van der Waals surface area contributed by atoms with Crippen molar-refractivity contribution >= 4 is 54.6 Å². The highest BCUT2D eigenvalue weighted by Gasteiger charge is 2.17. The number of nitrogens with zero attached hydrogens (tertiary/aromatic N) is 1. The quantitative estimate of drug-likeness (QED) is 0.263. The summed E-state index contributed by atoms with van der Waals surface area (Å²) in [5, 5.41) is 2.91. The fourth-order valence-corrected chi connectivity index (χ4v) is 4.83. The van der Waals surface area contributed by atoms with E-state index in [4.69, 9.17) is 9.15 Å². The Balaban J connectivity index is 1.55. The smallest absolute Gasteiger partial charge is 0.259 e. The van der Waals surface area contributed by atoms with Crippen molar-refractivity contribution in [2.75, 3.05) is 12.4 Å². The maximum Gasteiger partial charge on any atom is 0.259 e. The van der Waals surface area contributed by atoms with Crippen LogP contribution < -0.4 is 10.1 Å². The number of anilines is 1. The highest BCUT2D eigenvalue weighted by molar-refractivity contribution is 9.11. The SMILES string of the molecule is CCC(C)c1ccc2oc(-c3ccc(NC(=O)c4cc(Br)cc(Br)c4OC)cc3)nc2c1. The lowest BCUT2D eigenvalue weighted by Crippen LogP contribution is -2.13. The zero-order chi connectivity index (χ0) is 22.8. The van der Waals surface area contributed by atoms with E-state index >= 15 is 0 Å². The van der Waals surface area contributed by atoms with Crippen molar-refractivity contribution in [3.05, 3.63) is 74.7 Å². The minimum Gasteiger partial charge on any atom is -0.495 e. The average Bonchev–Trinajstić information content (AvgIpc) is 3.22. The van der Waals surface area contributed by atoms with Crippen molar-refractivity contribution in [2.24, 2.45) is 0 Å². The van der Waals surface area contributed by atoms with E-state index in [-0.39, 0.29) is 5.91 Å². The molecule has 5 nitrogen and oxygen atoms in total. The Bertz CT molecular complexity index is 1280. The fraction of sp³-hybridized carbons (Fsp3) is 0.200. The summed E-state index contributed by atoms with van der Waals surface area (Å²) in [6.45, 7) is 4.38. The van der Waals surface area contributed by atoms with E-state index in [0.717, 1.165) is 27.6 Å². The maximum absolute atomic E-state index is 12.8. The molecule has 0 fully saturated rings. The third-order valence-electron chi connectivity index (χ3n) is 5.44. The van der Waals surface area contributed by atoms with Crippen molar-refractivity contribution in [1.82, 2.24) is 4.98 Å². The molecule has 0 bridgehead atoms. The molecular formula is C25H22Br2N2O3. The van der Waals surface area contributed by atoms with Crippen LogP contribution in [0.25, 0.3) is 22.6 Å². The number of hydrogen-bond acceptors (Lipinski definition) is 4. The van der Waals surface area contributed by atoms with E-state index in [1.54, 1.807) is 6.07 Å². The molecule has 0 aliphatic heterocycles. The molecule has 0 radical (unpaired) electrons. The van der Waals surface area contributed by atoms with Gasteiger partial charge >= 0.3 is 0 Å². The second-order valence-electron chi connectivity index (χ2n) is 7.56. The molecule has 7 heteroatoms. The van der Waals surface area contributed by atoms with E-state index < -0.39 is 0 Å². The Morgan fingerprint density at radius 1 is 1.12 bits per heavy atom. The van der Waals surface area contributed by atoms with Gasteiger partial charge in [-0.2, -0.15) is 0 Å². The molecule has 0 spiro atoms. The standard InChI is InChI=1S/C25H22Br2N2O3/c1-4-14(2)16-7-10-22-21(11-16)29-25(32-22)15-5-8-18(9-6-15)28-24(30)19-12-17(26)13-20(27)23(19)31-3/h5-14H,4H2,1-3H3,(H,28,30). The number of fused-ring (bicyclic) bond motifs is 1. The molecule has 1 atom stereocenters. The number of carbonyl (C=O) groups is 1. The number of methoxy groups -OCH3 is 1. The molecule has 0 saturated heterocycles. The number of aromatic nitrogens is 1. The van der Waals surface area contributed by atoms with Gasteiger partial charge in [-0.1, -0.05) is 35.8 Å². The van der Waals surface area contributed by atoms with Gasteiger partial charge in [-0.05, 0) is 82.4 Å². The van der Waals surface area contributed by atoms with Crippen LogP contribution in [0.5, 0.6) is 5.75 Å². The maximum atomic E-state index is 12.8. The van der Waals surface area contributed by atoms with E-state index in [0.29, 0.717) is 33.3 Å². The van der Waals surface area contributed by atoms with Gasteiger partial charge < -0.3 is 14.5 Å². The van der Waals surface area contributed by atoms with Crippen molar-refractivity contribution in [1.29, 1.82) is 0 Å². The van der Waals surface area contributed by atoms with Crippen molar-refractivity contribution in [2.45, 2.75) is 26.2 Å².